The number of nitrogens with one attached hydrogen (secondary N) is 1. The van der Waals surface area contributed by atoms with Crippen LogP contribution in [0.1, 0.15) is 38.8 Å². The molecular formula is C22H26F2N2O2. The summed E-state index contributed by atoms with van der Waals surface area (Å²) in [6, 6.07) is 10.8. The minimum Gasteiger partial charge on any atom is -0.350 e. The Morgan fingerprint density at radius 3 is 1.86 bits per heavy atom. The van der Waals surface area contributed by atoms with Crippen molar-refractivity contribution >= 4 is 11.8 Å². The van der Waals surface area contributed by atoms with Crippen LogP contribution in [-0.2, 0) is 22.6 Å². The number of carbonyl (C=O) groups excluding carboxylic acids is 2. The monoisotopic (exact) mass is 388 g/mol. The van der Waals surface area contributed by atoms with Gasteiger partial charge in [0.2, 0.25) is 11.8 Å². The first kappa shape index (κ1) is 21.5. The molecule has 4 nitrogen and oxygen atoms in total. The van der Waals surface area contributed by atoms with Crippen molar-refractivity contribution in [1.82, 2.24) is 10.2 Å². The quantitative estimate of drug-likeness (QED) is 0.817. The topological polar surface area (TPSA) is 49.4 Å². The Balaban J connectivity index is 2.23. The van der Waals surface area contributed by atoms with Crippen molar-refractivity contribution in [2.75, 3.05) is 0 Å². The fraction of sp³-hybridized carbons (Fsp3) is 0.364. The zero-order chi connectivity index (χ0) is 20.9. The lowest BCUT2D eigenvalue weighted by Crippen LogP contribution is -2.52. The van der Waals surface area contributed by atoms with Gasteiger partial charge in [0.25, 0.3) is 0 Å². The maximum atomic E-state index is 13.2. The van der Waals surface area contributed by atoms with Crippen molar-refractivity contribution in [2.45, 2.75) is 52.2 Å². The van der Waals surface area contributed by atoms with Gasteiger partial charge in [0, 0.05) is 12.1 Å². The van der Waals surface area contributed by atoms with Gasteiger partial charge in [0.05, 0.1) is 6.42 Å². The lowest BCUT2D eigenvalue weighted by Gasteiger charge is -2.31. The number of halogens is 2. The van der Waals surface area contributed by atoms with E-state index in [4.69, 9.17) is 0 Å². The lowest BCUT2D eigenvalue weighted by molar-refractivity contribution is -0.140. The number of rotatable bonds is 6. The van der Waals surface area contributed by atoms with Crippen LogP contribution >= 0.6 is 0 Å². The molecule has 0 aliphatic carbocycles. The fourth-order valence-corrected chi connectivity index (χ4v) is 2.72. The van der Waals surface area contributed by atoms with E-state index in [1.165, 1.54) is 29.2 Å². The third-order valence-corrected chi connectivity index (χ3v) is 4.20. The predicted octanol–water partition coefficient (Wildman–Crippen LogP) is 3.84. The van der Waals surface area contributed by atoms with Crippen molar-refractivity contribution in [3.8, 4) is 0 Å². The molecule has 2 aromatic rings. The third kappa shape index (κ3) is 6.44. The Morgan fingerprint density at radius 1 is 0.929 bits per heavy atom. The van der Waals surface area contributed by atoms with Crippen LogP contribution in [0.25, 0.3) is 0 Å². The SMILES string of the molecule is C[C@H](C(=O)NC(C)(C)C)N(Cc1ccc(F)cc1)C(=O)Cc1ccc(F)cc1. The Bertz CT molecular complexity index is 812. The van der Waals surface area contributed by atoms with Gasteiger partial charge in [-0.15, -0.1) is 0 Å². The van der Waals surface area contributed by atoms with Crippen LogP contribution in [0.4, 0.5) is 8.78 Å². The molecule has 0 aliphatic rings. The van der Waals surface area contributed by atoms with Crippen molar-refractivity contribution < 1.29 is 18.4 Å². The summed E-state index contributed by atoms with van der Waals surface area (Å²) in [6.07, 6.45) is 0.0363. The number of amides is 2. The second-order valence-electron chi connectivity index (χ2n) is 7.87. The van der Waals surface area contributed by atoms with Crippen LogP contribution in [0.3, 0.4) is 0 Å². The molecule has 0 saturated heterocycles. The first-order chi connectivity index (χ1) is 13.0. The van der Waals surface area contributed by atoms with Crippen molar-refractivity contribution in [3.05, 3.63) is 71.3 Å². The van der Waals surface area contributed by atoms with Crippen molar-refractivity contribution in [3.63, 3.8) is 0 Å². The zero-order valence-electron chi connectivity index (χ0n) is 16.6. The van der Waals surface area contributed by atoms with E-state index >= 15 is 0 Å². The van der Waals surface area contributed by atoms with Gasteiger partial charge in [-0.3, -0.25) is 9.59 Å². The highest BCUT2D eigenvalue weighted by atomic mass is 19.1. The summed E-state index contributed by atoms with van der Waals surface area (Å²) in [4.78, 5) is 27.0. The van der Waals surface area contributed by atoms with Gasteiger partial charge in [0.1, 0.15) is 17.7 Å². The third-order valence-electron chi connectivity index (χ3n) is 4.20. The molecule has 0 aromatic heterocycles. The smallest absolute Gasteiger partial charge is 0.242 e. The molecule has 0 bridgehead atoms. The van der Waals surface area contributed by atoms with Crippen LogP contribution in [0, 0.1) is 11.6 Å². The van der Waals surface area contributed by atoms with E-state index in [0.717, 1.165) is 0 Å². The molecule has 0 unspecified atom stereocenters. The Morgan fingerprint density at radius 2 is 1.39 bits per heavy atom. The van der Waals surface area contributed by atoms with Crippen molar-refractivity contribution in [2.24, 2.45) is 0 Å². The number of benzene rings is 2. The molecule has 0 spiro atoms. The van der Waals surface area contributed by atoms with Crippen LogP contribution in [-0.4, -0.2) is 28.3 Å². The van der Waals surface area contributed by atoms with E-state index in [2.05, 4.69) is 5.32 Å². The molecular weight excluding hydrogens is 362 g/mol. The van der Waals surface area contributed by atoms with Crippen molar-refractivity contribution in [1.29, 1.82) is 0 Å². The molecule has 150 valence electrons. The molecule has 28 heavy (non-hydrogen) atoms. The molecule has 6 heteroatoms. The van der Waals surface area contributed by atoms with E-state index in [9.17, 15) is 18.4 Å². The Kier molecular flexibility index (Phi) is 6.89. The molecule has 1 atom stereocenters. The van der Waals surface area contributed by atoms with E-state index in [1.54, 1.807) is 31.2 Å². The number of hydrogen-bond donors (Lipinski definition) is 1. The number of hydrogen-bond acceptors (Lipinski definition) is 2. The van der Waals surface area contributed by atoms with Gasteiger partial charge in [0.15, 0.2) is 0 Å². The Hall–Kier alpha value is -2.76. The van der Waals surface area contributed by atoms with Gasteiger partial charge >= 0.3 is 0 Å². The van der Waals surface area contributed by atoms with Gasteiger partial charge < -0.3 is 10.2 Å². The van der Waals surface area contributed by atoms with Gasteiger partial charge in [-0.2, -0.15) is 0 Å². The predicted molar refractivity (Wildman–Crippen MR) is 104 cm³/mol. The molecule has 0 saturated carbocycles. The number of carbonyl (C=O) groups is 2. The van der Waals surface area contributed by atoms with Crippen LogP contribution in [0.2, 0.25) is 0 Å². The van der Waals surface area contributed by atoms with Crippen LogP contribution in [0.15, 0.2) is 48.5 Å². The average molecular weight is 388 g/mol. The molecule has 0 aliphatic heterocycles. The standard InChI is InChI=1S/C22H26F2N2O2/c1-15(21(28)25-22(2,3)4)26(14-17-7-11-19(24)12-8-17)20(27)13-16-5-9-18(23)10-6-16/h5-12,15H,13-14H2,1-4H3,(H,25,28)/t15-/m1/s1. The summed E-state index contributed by atoms with van der Waals surface area (Å²) in [7, 11) is 0. The van der Waals surface area contributed by atoms with E-state index in [1.807, 2.05) is 20.8 Å². The first-order valence-corrected chi connectivity index (χ1v) is 9.15. The second-order valence-corrected chi connectivity index (χ2v) is 7.87. The summed E-state index contributed by atoms with van der Waals surface area (Å²) in [6.45, 7) is 7.42. The highest BCUT2D eigenvalue weighted by molar-refractivity contribution is 5.88. The molecule has 0 fully saturated rings. The maximum Gasteiger partial charge on any atom is 0.242 e. The summed E-state index contributed by atoms with van der Waals surface area (Å²) < 4.78 is 26.3. The summed E-state index contributed by atoms with van der Waals surface area (Å²) >= 11 is 0. The molecule has 2 rings (SSSR count). The minimum atomic E-state index is -0.725. The molecule has 2 amide bonds. The lowest BCUT2D eigenvalue weighted by atomic mass is 10.1. The summed E-state index contributed by atoms with van der Waals surface area (Å²) in [5.41, 5.74) is 0.926. The highest BCUT2D eigenvalue weighted by Gasteiger charge is 2.28. The normalized spacial score (nSPS) is 12.4. The number of nitrogens with zero attached hydrogens (tertiary/aromatic N) is 1. The summed E-state index contributed by atoms with van der Waals surface area (Å²) in [5.74, 6) is -1.29. The van der Waals surface area contributed by atoms with E-state index in [-0.39, 0.29) is 36.4 Å². The first-order valence-electron chi connectivity index (χ1n) is 9.15. The minimum absolute atomic E-state index is 0.0363. The van der Waals surface area contributed by atoms with E-state index in [0.29, 0.717) is 11.1 Å². The maximum absolute atomic E-state index is 13.2. The largest absolute Gasteiger partial charge is 0.350 e. The summed E-state index contributed by atoms with van der Waals surface area (Å²) in [5, 5.41) is 2.88. The molecule has 0 radical (unpaired) electrons. The second kappa shape index (κ2) is 8.95. The Labute approximate surface area is 164 Å². The average Bonchev–Trinajstić information content (AvgIpc) is 2.61. The highest BCUT2D eigenvalue weighted by Crippen LogP contribution is 2.14. The molecule has 0 heterocycles. The van der Waals surface area contributed by atoms with Gasteiger partial charge in [-0.1, -0.05) is 24.3 Å². The zero-order valence-corrected chi connectivity index (χ0v) is 16.6. The van der Waals surface area contributed by atoms with Crippen LogP contribution < -0.4 is 5.32 Å². The van der Waals surface area contributed by atoms with E-state index < -0.39 is 11.6 Å². The van der Waals surface area contributed by atoms with Gasteiger partial charge in [-0.05, 0) is 63.1 Å². The molecule has 2 aromatic carbocycles. The van der Waals surface area contributed by atoms with Crippen LogP contribution in [0.5, 0.6) is 0 Å². The molecule has 1 N–H and O–H groups in total. The fourth-order valence-electron chi connectivity index (χ4n) is 2.72. The van der Waals surface area contributed by atoms with Gasteiger partial charge in [-0.25, -0.2) is 8.78 Å².